The Morgan fingerprint density at radius 3 is 1.94 bits per heavy atom. The zero-order valence-corrected chi connectivity index (χ0v) is 9.82. The fraction of sp³-hybridized carbons (Fsp3) is 0. The fourth-order valence-electron chi connectivity index (χ4n) is 1.58. The van der Waals surface area contributed by atoms with Crippen LogP contribution >= 0.6 is 0 Å². The third kappa shape index (κ3) is 2.74. The molecule has 4 nitrogen and oxygen atoms in total. The molecule has 0 aliphatic carbocycles. The normalized spacial score (nSPS) is 12.4. The molecule has 0 aliphatic rings. The van der Waals surface area contributed by atoms with E-state index in [1.54, 1.807) is 0 Å². The zero-order chi connectivity index (χ0) is 12.8. The first kappa shape index (κ1) is 11.9. The topological polar surface area (TPSA) is 76.8 Å². The molecule has 0 radical (unpaired) electrons. The lowest BCUT2D eigenvalue weighted by molar-refractivity contribution is 1.25. The lowest BCUT2D eigenvalue weighted by Gasteiger charge is -2.04. The predicted molar refractivity (Wildman–Crippen MR) is 74.9 cm³/mol. The molecule has 0 spiro atoms. The van der Waals surface area contributed by atoms with Crippen molar-refractivity contribution in [2.75, 3.05) is 0 Å². The molecule has 2 rings (SSSR count). The third-order valence-electron chi connectivity index (χ3n) is 2.42. The highest BCUT2D eigenvalue weighted by atomic mass is 15.1. The van der Waals surface area contributed by atoms with E-state index in [0.29, 0.717) is 11.5 Å². The van der Waals surface area contributed by atoms with Crippen LogP contribution in [0.4, 0.5) is 5.69 Å². The maximum atomic E-state index is 5.93. The van der Waals surface area contributed by atoms with Gasteiger partial charge in [0, 0.05) is 5.56 Å². The molecule has 0 amide bonds. The van der Waals surface area contributed by atoms with Gasteiger partial charge in [-0.1, -0.05) is 48.5 Å². The first-order chi connectivity index (χ1) is 8.81. The van der Waals surface area contributed by atoms with E-state index in [9.17, 15) is 0 Å². The van der Waals surface area contributed by atoms with Crippen LogP contribution in [0.15, 0.2) is 70.8 Å². The molecule has 18 heavy (non-hydrogen) atoms. The highest BCUT2D eigenvalue weighted by molar-refractivity contribution is 6.47. The van der Waals surface area contributed by atoms with Crippen molar-refractivity contribution in [2.24, 2.45) is 21.7 Å². The number of para-hydroxylation sites is 1. The summed E-state index contributed by atoms with van der Waals surface area (Å²) in [5.41, 5.74) is 8.03. The van der Waals surface area contributed by atoms with E-state index in [0.717, 1.165) is 11.3 Å². The van der Waals surface area contributed by atoms with Crippen molar-refractivity contribution in [3.8, 4) is 0 Å². The summed E-state index contributed by atoms with van der Waals surface area (Å²) in [4.78, 5) is 4.29. The van der Waals surface area contributed by atoms with Gasteiger partial charge in [0.15, 0.2) is 5.84 Å². The number of amidine groups is 1. The monoisotopic (exact) mass is 238 g/mol. The molecule has 2 aromatic carbocycles. The van der Waals surface area contributed by atoms with Crippen molar-refractivity contribution in [1.82, 2.24) is 0 Å². The van der Waals surface area contributed by atoms with Crippen LogP contribution in [0.3, 0.4) is 0 Å². The van der Waals surface area contributed by atoms with Crippen LogP contribution in [0.2, 0.25) is 0 Å². The largest absolute Gasteiger partial charge is 0.382 e. The lowest BCUT2D eigenvalue weighted by atomic mass is 10.1. The Hall–Kier alpha value is -2.62. The lowest BCUT2D eigenvalue weighted by Crippen LogP contribution is -2.25. The number of nitrogens with zero attached hydrogens (tertiary/aromatic N) is 2. The van der Waals surface area contributed by atoms with Gasteiger partial charge in [0.2, 0.25) is 0 Å². The van der Waals surface area contributed by atoms with Crippen molar-refractivity contribution in [1.29, 1.82) is 0 Å². The number of benzene rings is 2. The molecule has 0 saturated carbocycles. The number of hydrogen-bond donors (Lipinski definition) is 2. The standard InChI is InChI=1S/C14H14N4/c15-14(17-12-9-5-2-6-10-12)13(18-16)11-7-3-1-4-8-11/h1-10H,16H2,(H2,15,17)/b18-13+. The molecular formula is C14H14N4. The summed E-state index contributed by atoms with van der Waals surface area (Å²) in [5.74, 6) is 5.69. The number of hydrogen-bond acceptors (Lipinski definition) is 3. The second kappa shape index (κ2) is 5.63. The molecule has 0 saturated heterocycles. The van der Waals surface area contributed by atoms with Crippen LogP contribution in [0.1, 0.15) is 5.56 Å². The average Bonchev–Trinajstić information content (AvgIpc) is 2.42. The Bertz CT molecular complexity index is 559. The Balaban J connectivity index is 2.33. The number of aliphatic imine (C=N–C) groups is 1. The minimum Gasteiger partial charge on any atom is -0.382 e. The van der Waals surface area contributed by atoms with E-state index in [2.05, 4.69) is 10.1 Å². The van der Waals surface area contributed by atoms with Gasteiger partial charge in [-0.2, -0.15) is 5.10 Å². The summed E-state index contributed by atoms with van der Waals surface area (Å²) in [6.07, 6.45) is 0. The van der Waals surface area contributed by atoms with Gasteiger partial charge >= 0.3 is 0 Å². The third-order valence-corrected chi connectivity index (χ3v) is 2.42. The molecule has 2 aromatic rings. The van der Waals surface area contributed by atoms with Crippen molar-refractivity contribution >= 4 is 17.2 Å². The van der Waals surface area contributed by atoms with Gasteiger partial charge in [0.05, 0.1) is 5.69 Å². The van der Waals surface area contributed by atoms with Gasteiger partial charge in [0.1, 0.15) is 5.71 Å². The molecule has 0 fully saturated rings. The molecule has 0 atom stereocenters. The summed E-state index contributed by atoms with van der Waals surface area (Å²) >= 11 is 0. The summed E-state index contributed by atoms with van der Waals surface area (Å²) in [7, 11) is 0. The summed E-state index contributed by atoms with van der Waals surface area (Å²) < 4.78 is 0. The second-order valence-electron chi connectivity index (χ2n) is 3.68. The van der Waals surface area contributed by atoms with Crippen molar-refractivity contribution in [3.05, 3.63) is 66.2 Å². The molecule has 0 bridgehead atoms. The first-order valence-corrected chi connectivity index (χ1v) is 5.54. The van der Waals surface area contributed by atoms with Gasteiger partial charge in [-0.25, -0.2) is 4.99 Å². The molecule has 0 unspecified atom stereocenters. The summed E-state index contributed by atoms with van der Waals surface area (Å²) in [6.45, 7) is 0. The van der Waals surface area contributed by atoms with E-state index in [-0.39, 0.29) is 0 Å². The molecule has 0 aliphatic heterocycles. The van der Waals surface area contributed by atoms with Crippen molar-refractivity contribution in [2.45, 2.75) is 0 Å². The quantitative estimate of drug-likeness (QED) is 0.371. The van der Waals surface area contributed by atoms with Gasteiger partial charge in [-0.15, -0.1) is 0 Å². The Morgan fingerprint density at radius 1 is 0.833 bits per heavy atom. The van der Waals surface area contributed by atoms with E-state index < -0.39 is 0 Å². The van der Waals surface area contributed by atoms with Gasteiger partial charge in [-0.05, 0) is 12.1 Å². The molecule has 4 heteroatoms. The van der Waals surface area contributed by atoms with Crippen LogP contribution < -0.4 is 11.6 Å². The summed E-state index contributed by atoms with van der Waals surface area (Å²) in [6, 6.07) is 18.9. The van der Waals surface area contributed by atoms with Gasteiger partial charge < -0.3 is 11.6 Å². The van der Waals surface area contributed by atoms with E-state index in [1.165, 1.54) is 0 Å². The second-order valence-corrected chi connectivity index (χ2v) is 3.68. The Labute approximate surface area is 106 Å². The van der Waals surface area contributed by atoms with Crippen LogP contribution in [0.25, 0.3) is 0 Å². The molecule has 4 N–H and O–H groups in total. The summed E-state index contributed by atoms with van der Waals surface area (Å²) in [5, 5.41) is 3.72. The maximum Gasteiger partial charge on any atom is 0.152 e. The van der Waals surface area contributed by atoms with E-state index in [1.807, 2.05) is 60.7 Å². The molecule has 0 heterocycles. The SMILES string of the molecule is N/N=C(/C(N)=Nc1ccccc1)c1ccccc1. The number of nitrogens with two attached hydrogens (primary N) is 2. The average molecular weight is 238 g/mol. The Morgan fingerprint density at radius 2 is 1.39 bits per heavy atom. The number of hydrazone groups is 1. The molecular weight excluding hydrogens is 224 g/mol. The fourth-order valence-corrected chi connectivity index (χ4v) is 1.58. The van der Waals surface area contributed by atoms with E-state index >= 15 is 0 Å². The Kier molecular flexibility index (Phi) is 3.71. The van der Waals surface area contributed by atoms with Gasteiger partial charge in [0.25, 0.3) is 0 Å². The van der Waals surface area contributed by atoms with Crippen molar-refractivity contribution < 1.29 is 0 Å². The van der Waals surface area contributed by atoms with Gasteiger partial charge in [-0.3, -0.25) is 0 Å². The first-order valence-electron chi connectivity index (χ1n) is 5.54. The molecule has 0 aromatic heterocycles. The van der Waals surface area contributed by atoms with Crippen LogP contribution in [-0.2, 0) is 0 Å². The highest BCUT2D eigenvalue weighted by Gasteiger charge is 2.07. The van der Waals surface area contributed by atoms with Crippen LogP contribution in [0.5, 0.6) is 0 Å². The molecule has 90 valence electrons. The smallest absolute Gasteiger partial charge is 0.152 e. The predicted octanol–water partition coefficient (Wildman–Crippen LogP) is 2.04. The zero-order valence-electron chi connectivity index (χ0n) is 9.82. The van der Waals surface area contributed by atoms with Crippen LogP contribution in [-0.4, -0.2) is 11.5 Å². The maximum absolute atomic E-state index is 5.93. The van der Waals surface area contributed by atoms with E-state index in [4.69, 9.17) is 11.6 Å². The minimum absolute atomic E-state index is 0.301. The van der Waals surface area contributed by atoms with Crippen molar-refractivity contribution in [3.63, 3.8) is 0 Å². The highest BCUT2D eigenvalue weighted by Crippen LogP contribution is 2.10. The van der Waals surface area contributed by atoms with Crippen LogP contribution in [0, 0.1) is 0 Å². The number of rotatable bonds is 3. The minimum atomic E-state index is 0.301.